The molecule has 0 aromatic heterocycles. The molecule has 2 fully saturated rings. The number of likely N-dealkylation sites (tertiary alicyclic amines) is 1. The lowest BCUT2D eigenvalue weighted by molar-refractivity contribution is -0.126. The Kier molecular flexibility index (Phi) is 5.17. The summed E-state index contributed by atoms with van der Waals surface area (Å²) < 4.78 is 0. The highest BCUT2D eigenvalue weighted by Gasteiger charge is 2.51. The van der Waals surface area contributed by atoms with E-state index in [1.165, 1.54) is 29.7 Å². The molecule has 164 valence electrons. The van der Waals surface area contributed by atoms with Crippen molar-refractivity contribution >= 4 is 17.9 Å². The number of urea groups is 1. The first-order valence-corrected chi connectivity index (χ1v) is 11.2. The quantitative estimate of drug-likeness (QED) is 0.782. The van der Waals surface area contributed by atoms with Crippen molar-refractivity contribution in [1.29, 1.82) is 0 Å². The fourth-order valence-corrected chi connectivity index (χ4v) is 5.13. The Labute approximate surface area is 183 Å². The van der Waals surface area contributed by atoms with Crippen molar-refractivity contribution < 1.29 is 9.59 Å². The Morgan fingerprint density at radius 2 is 1.84 bits per heavy atom. The number of nitrogens with zero attached hydrogens (tertiary/aromatic N) is 5. The highest BCUT2D eigenvalue weighted by atomic mass is 16.2. The second-order valence-corrected chi connectivity index (χ2v) is 9.00. The maximum atomic E-state index is 12.4. The van der Waals surface area contributed by atoms with Gasteiger partial charge in [0.1, 0.15) is 0 Å². The SMILES string of the molecule is CC1=CN2C(=NC3C2C(=O)NC(=O)N3C)N1CCN1CCC(Cc2ccccc2)CC1. The molecule has 0 bridgehead atoms. The molecule has 4 heterocycles. The van der Waals surface area contributed by atoms with Gasteiger partial charge in [-0.3, -0.25) is 10.1 Å². The predicted molar refractivity (Wildman–Crippen MR) is 118 cm³/mol. The maximum absolute atomic E-state index is 12.4. The number of hydrogen-bond donors (Lipinski definition) is 1. The van der Waals surface area contributed by atoms with Crippen LogP contribution in [0.1, 0.15) is 25.3 Å². The van der Waals surface area contributed by atoms with E-state index in [-0.39, 0.29) is 11.9 Å². The predicted octanol–water partition coefficient (Wildman–Crippen LogP) is 1.67. The van der Waals surface area contributed by atoms with E-state index in [0.29, 0.717) is 0 Å². The van der Waals surface area contributed by atoms with Crippen LogP contribution in [0.15, 0.2) is 47.2 Å². The van der Waals surface area contributed by atoms with Crippen molar-refractivity contribution in [3.8, 4) is 0 Å². The largest absolute Gasteiger partial charge is 0.325 e. The second kappa shape index (κ2) is 8.00. The van der Waals surface area contributed by atoms with Gasteiger partial charge in [-0.25, -0.2) is 9.79 Å². The van der Waals surface area contributed by atoms with Crippen LogP contribution in [0.25, 0.3) is 0 Å². The number of imide groups is 1. The molecule has 0 radical (unpaired) electrons. The summed E-state index contributed by atoms with van der Waals surface area (Å²) >= 11 is 0. The number of allylic oxidation sites excluding steroid dienone is 1. The summed E-state index contributed by atoms with van der Waals surface area (Å²) in [5.74, 6) is 1.26. The van der Waals surface area contributed by atoms with Gasteiger partial charge in [0.2, 0.25) is 5.96 Å². The van der Waals surface area contributed by atoms with Gasteiger partial charge >= 0.3 is 6.03 Å². The molecule has 8 nitrogen and oxygen atoms in total. The summed E-state index contributed by atoms with van der Waals surface area (Å²) in [5, 5.41) is 2.42. The van der Waals surface area contributed by atoms with Crippen LogP contribution in [0, 0.1) is 5.92 Å². The lowest BCUT2D eigenvalue weighted by Crippen LogP contribution is -2.62. The third-order valence-electron chi connectivity index (χ3n) is 6.98. The van der Waals surface area contributed by atoms with E-state index in [1.807, 2.05) is 11.1 Å². The molecule has 1 aromatic rings. The van der Waals surface area contributed by atoms with Crippen LogP contribution in [0.5, 0.6) is 0 Å². The number of fused-ring (bicyclic) bond motifs is 3. The van der Waals surface area contributed by atoms with Crippen LogP contribution < -0.4 is 5.32 Å². The fourth-order valence-electron chi connectivity index (χ4n) is 5.13. The Morgan fingerprint density at radius 3 is 2.58 bits per heavy atom. The fraction of sp³-hybridized carbons (Fsp3) is 0.522. The first-order valence-electron chi connectivity index (χ1n) is 11.2. The average molecular weight is 423 g/mol. The zero-order valence-corrected chi connectivity index (χ0v) is 18.2. The molecular weight excluding hydrogens is 392 g/mol. The van der Waals surface area contributed by atoms with E-state index in [0.717, 1.165) is 43.8 Å². The summed E-state index contributed by atoms with van der Waals surface area (Å²) in [7, 11) is 1.69. The van der Waals surface area contributed by atoms with Gasteiger partial charge in [0.05, 0.1) is 0 Å². The number of benzene rings is 1. The van der Waals surface area contributed by atoms with Gasteiger partial charge in [-0.2, -0.15) is 0 Å². The zero-order chi connectivity index (χ0) is 21.5. The number of nitrogens with one attached hydrogen (secondary N) is 1. The normalized spacial score (nSPS) is 26.6. The van der Waals surface area contributed by atoms with Crippen molar-refractivity contribution in [1.82, 2.24) is 24.9 Å². The summed E-state index contributed by atoms with van der Waals surface area (Å²) in [5.41, 5.74) is 2.52. The highest BCUT2D eigenvalue weighted by Crippen LogP contribution is 2.31. The number of carbonyl (C=O) groups excluding carboxylic acids is 2. The third-order valence-corrected chi connectivity index (χ3v) is 6.98. The van der Waals surface area contributed by atoms with Gasteiger partial charge in [0.25, 0.3) is 5.91 Å². The Bertz CT molecular complexity index is 921. The highest BCUT2D eigenvalue weighted by molar-refractivity contribution is 6.04. The van der Waals surface area contributed by atoms with Crippen LogP contribution in [-0.2, 0) is 11.2 Å². The molecule has 2 unspecified atom stereocenters. The van der Waals surface area contributed by atoms with Crippen molar-refractivity contribution in [2.75, 3.05) is 33.2 Å². The smallest absolute Gasteiger partial charge is 0.313 e. The van der Waals surface area contributed by atoms with Gasteiger partial charge in [-0.15, -0.1) is 0 Å². The summed E-state index contributed by atoms with van der Waals surface area (Å²) in [6.07, 6.45) is 5.16. The number of amides is 3. The Hall–Kier alpha value is -2.87. The van der Waals surface area contributed by atoms with Gasteiger partial charge in [0.15, 0.2) is 12.2 Å². The second-order valence-electron chi connectivity index (χ2n) is 9.00. The van der Waals surface area contributed by atoms with Gasteiger partial charge in [-0.05, 0) is 50.8 Å². The molecule has 2 saturated heterocycles. The molecule has 1 N–H and O–H groups in total. The standard InChI is InChI=1S/C23H30N6O2/c1-16-15-29-19-20(26(2)23(31)25-21(19)30)24-22(29)28(16)13-12-27-10-8-18(9-11-27)14-17-6-4-3-5-7-17/h3-7,15,18-20H,8-14H2,1-2H3,(H,25,30,31). The maximum Gasteiger partial charge on any atom is 0.325 e. The molecule has 3 amide bonds. The molecule has 5 rings (SSSR count). The molecule has 2 atom stereocenters. The number of rotatable bonds is 5. The van der Waals surface area contributed by atoms with Gasteiger partial charge < -0.3 is 19.6 Å². The molecule has 8 heteroatoms. The minimum Gasteiger partial charge on any atom is -0.313 e. The monoisotopic (exact) mass is 422 g/mol. The van der Waals surface area contributed by atoms with Crippen molar-refractivity contribution in [2.24, 2.45) is 10.9 Å². The Balaban J connectivity index is 1.17. The summed E-state index contributed by atoms with van der Waals surface area (Å²) in [4.78, 5) is 37.3. The average Bonchev–Trinajstić information content (AvgIpc) is 3.27. The van der Waals surface area contributed by atoms with Crippen LogP contribution in [0.2, 0.25) is 0 Å². The third kappa shape index (κ3) is 3.69. The number of aliphatic imine (C=N–C) groups is 1. The van der Waals surface area contributed by atoms with Crippen LogP contribution in [-0.4, -0.2) is 82.9 Å². The van der Waals surface area contributed by atoms with Gasteiger partial charge in [0, 0.05) is 32.0 Å². The molecule has 0 aliphatic carbocycles. The van der Waals surface area contributed by atoms with Gasteiger partial charge in [-0.1, -0.05) is 30.3 Å². The summed E-state index contributed by atoms with van der Waals surface area (Å²) in [6.45, 7) is 6.09. The van der Waals surface area contributed by atoms with Crippen molar-refractivity contribution in [2.45, 2.75) is 38.4 Å². The van der Waals surface area contributed by atoms with E-state index in [9.17, 15) is 9.59 Å². The molecular formula is C23H30N6O2. The number of piperidine rings is 1. The number of guanidine groups is 1. The van der Waals surface area contributed by atoms with E-state index < -0.39 is 12.2 Å². The topological polar surface area (TPSA) is 71.5 Å². The van der Waals surface area contributed by atoms with Crippen LogP contribution in [0.3, 0.4) is 0 Å². The molecule has 0 saturated carbocycles. The lowest BCUT2D eigenvalue weighted by Gasteiger charge is -2.34. The first-order chi connectivity index (χ1) is 15.0. The number of likely N-dealkylation sites (N-methyl/N-ethyl adjacent to an activating group) is 1. The Morgan fingerprint density at radius 1 is 1.10 bits per heavy atom. The number of carbonyl (C=O) groups is 2. The zero-order valence-electron chi connectivity index (χ0n) is 18.2. The van der Waals surface area contributed by atoms with Crippen LogP contribution in [0.4, 0.5) is 4.79 Å². The molecule has 0 spiro atoms. The van der Waals surface area contributed by atoms with Crippen molar-refractivity contribution in [3.63, 3.8) is 0 Å². The molecule has 31 heavy (non-hydrogen) atoms. The minimum atomic E-state index is -0.480. The van der Waals surface area contributed by atoms with Crippen molar-refractivity contribution in [3.05, 3.63) is 47.8 Å². The van der Waals surface area contributed by atoms with E-state index in [1.54, 1.807) is 7.05 Å². The molecule has 4 aliphatic rings. The lowest BCUT2D eigenvalue weighted by atomic mass is 9.90. The first kappa shape index (κ1) is 20.1. The molecule has 4 aliphatic heterocycles. The number of hydrogen-bond acceptors (Lipinski definition) is 6. The van der Waals surface area contributed by atoms with E-state index in [2.05, 4.69) is 52.4 Å². The van der Waals surface area contributed by atoms with E-state index in [4.69, 9.17) is 4.99 Å². The minimum absolute atomic E-state index is 0.279. The van der Waals surface area contributed by atoms with E-state index >= 15 is 0 Å². The van der Waals surface area contributed by atoms with Crippen LogP contribution >= 0.6 is 0 Å². The molecule has 1 aromatic carbocycles. The summed E-state index contributed by atoms with van der Waals surface area (Å²) in [6, 6.07) is 9.91.